The van der Waals surface area contributed by atoms with E-state index in [9.17, 15) is 0 Å². The molecule has 0 spiro atoms. The fourth-order valence-corrected chi connectivity index (χ4v) is 0.501. The number of anilines is 2. The third-order valence-corrected chi connectivity index (χ3v) is 0.919. The van der Waals surface area contributed by atoms with Crippen molar-refractivity contribution in [1.29, 1.82) is 0 Å². The Morgan fingerprint density at radius 2 is 2.11 bits per heavy atom. The summed E-state index contributed by atoms with van der Waals surface area (Å²) in [5, 5.41) is 6.92. The molecule has 1 rings (SSSR count). The van der Waals surface area contributed by atoms with Crippen LogP contribution in [-0.2, 0) is 0 Å². The van der Waals surface area contributed by atoms with E-state index in [0.717, 1.165) is 0 Å². The second-order valence-electron chi connectivity index (χ2n) is 1.87. The molecule has 0 unspecified atom stereocenters. The van der Waals surface area contributed by atoms with E-state index >= 15 is 0 Å². The molecular weight excluding hydrogens is 120 g/mol. The first-order valence-electron chi connectivity index (χ1n) is 2.47. The highest BCUT2D eigenvalue weighted by Crippen LogP contribution is 2.12. The smallest absolute Gasteiger partial charge is 0.217 e. The Balaban J connectivity index is 2.94. The molecule has 0 aromatic carbocycles. The van der Waals surface area contributed by atoms with Gasteiger partial charge in [-0.1, -0.05) is 0 Å². The molecule has 5 nitrogen and oxygen atoms in total. The lowest BCUT2D eigenvalue weighted by Gasteiger charge is -2.04. The maximum atomic E-state index is 5.33. The summed E-state index contributed by atoms with van der Waals surface area (Å²) in [7, 11) is 3.63. The molecule has 0 aliphatic heterocycles. The summed E-state index contributed by atoms with van der Waals surface area (Å²) in [5.41, 5.74) is 5.33. The quantitative estimate of drug-likeness (QED) is 0.563. The molecule has 1 heterocycles. The first kappa shape index (κ1) is 5.87. The lowest BCUT2D eigenvalue weighted by Crippen LogP contribution is -2.10. The molecule has 9 heavy (non-hydrogen) atoms. The zero-order chi connectivity index (χ0) is 6.85. The Morgan fingerprint density at radius 1 is 1.44 bits per heavy atom. The Bertz CT molecular complexity index is 194. The van der Waals surface area contributed by atoms with Crippen LogP contribution in [0.15, 0.2) is 4.63 Å². The molecule has 0 bridgehead atoms. The number of nitrogen functional groups attached to an aromatic ring is 1. The molecule has 0 fully saturated rings. The molecule has 1 aromatic heterocycles. The van der Waals surface area contributed by atoms with Crippen molar-refractivity contribution in [3.63, 3.8) is 0 Å². The third kappa shape index (κ3) is 0.933. The summed E-state index contributed by atoms with van der Waals surface area (Å²) in [5.74, 6) is 0.884. The zero-order valence-corrected chi connectivity index (χ0v) is 5.33. The second-order valence-corrected chi connectivity index (χ2v) is 1.87. The second kappa shape index (κ2) is 1.93. The number of rotatable bonds is 1. The summed E-state index contributed by atoms with van der Waals surface area (Å²) in [6, 6.07) is 0. The van der Waals surface area contributed by atoms with Gasteiger partial charge in [0.15, 0.2) is 0 Å². The normalized spacial score (nSPS) is 9.56. The Kier molecular flexibility index (Phi) is 1.26. The number of nitrogens with two attached hydrogens (primary N) is 1. The van der Waals surface area contributed by atoms with Crippen LogP contribution >= 0.6 is 0 Å². The largest absolute Gasteiger partial charge is 0.378 e. The van der Waals surface area contributed by atoms with Gasteiger partial charge in [0.25, 0.3) is 0 Å². The molecule has 0 amide bonds. The van der Waals surface area contributed by atoms with Crippen LogP contribution in [0.3, 0.4) is 0 Å². The molecule has 0 aliphatic carbocycles. The minimum atomic E-state index is 0.319. The van der Waals surface area contributed by atoms with E-state index in [0.29, 0.717) is 11.6 Å². The van der Waals surface area contributed by atoms with Crippen molar-refractivity contribution in [1.82, 2.24) is 10.3 Å². The maximum Gasteiger partial charge on any atom is 0.217 e. The predicted molar refractivity (Wildman–Crippen MR) is 33.0 cm³/mol. The van der Waals surface area contributed by atoms with Crippen LogP contribution in [0.5, 0.6) is 0 Å². The van der Waals surface area contributed by atoms with E-state index in [2.05, 4.69) is 14.9 Å². The van der Waals surface area contributed by atoms with Crippen molar-refractivity contribution < 1.29 is 4.63 Å². The van der Waals surface area contributed by atoms with Crippen molar-refractivity contribution in [2.75, 3.05) is 24.7 Å². The van der Waals surface area contributed by atoms with E-state index in [1.807, 2.05) is 14.1 Å². The minimum absolute atomic E-state index is 0.319. The van der Waals surface area contributed by atoms with Crippen LogP contribution in [0, 0.1) is 0 Å². The zero-order valence-electron chi connectivity index (χ0n) is 5.33. The summed E-state index contributed by atoms with van der Waals surface area (Å²) < 4.78 is 4.34. The highest BCUT2D eigenvalue weighted by Gasteiger charge is 2.05. The van der Waals surface area contributed by atoms with E-state index in [4.69, 9.17) is 5.73 Å². The summed E-state index contributed by atoms with van der Waals surface area (Å²) in [4.78, 5) is 1.73. The first-order valence-corrected chi connectivity index (χ1v) is 2.47. The molecule has 0 radical (unpaired) electrons. The van der Waals surface area contributed by atoms with Crippen molar-refractivity contribution in [2.45, 2.75) is 0 Å². The summed E-state index contributed by atoms with van der Waals surface area (Å²) >= 11 is 0. The van der Waals surface area contributed by atoms with Crippen LogP contribution in [0.2, 0.25) is 0 Å². The van der Waals surface area contributed by atoms with Gasteiger partial charge in [0, 0.05) is 14.1 Å². The van der Waals surface area contributed by atoms with E-state index in [1.54, 1.807) is 4.90 Å². The first-order chi connectivity index (χ1) is 4.22. The van der Waals surface area contributed by atoms with Crippen molar-refractivity contribution in [3.8, 4) is 0 Å². The van der Waals surface area contributed by atoms with Gasteiger partial charge in [-0.15, -0.1) is 0 Å². The highest BCUT2D eigenvalue weighted by atomic mass is 16.6. The number of aromatic nitrogens is 2. The number of hydrogen-bond donors (Lipinski definition) is 1. The van der Waals surface area contributed by atoms with Crippen LogP contribution in [0.25, 0.3) is 0 Å². The molecule has 0 saturated carbocycles. The topological polar surface area (TPSA) is 68.2 Å². The van der Waals surface area contributed by atoms with Gasteiger partial charge < -0.3 is 10.6 Å². The van der Waals surface area contributed by atoms with Crippen molar-refractivity contribution in [2.24, 2.45) is 0 Å². The highest BCUT2D eigenvalue weighted by molar-refractivity contribution is 5.54. The fourth-order valence-electron chi connectivity index (χ4n) is 0.501. The fraction of sp³-hybridized carbons (Fsp3) is 0.500. The molecule has 0 atom stereocenters. The molecule has 50 valence electrons. The van der Waals surface area contributed by atoms with Crippen molar-refractivity contribution in [3.05, 3.63) is 0 Å². The van der Waals surface area contributed by atoms with Crippen LogP contribution in [-0.4, -0.2) is 24.4 Å². The van der Waals surface area contributed by atoms with Crippen LogP contribution in [0.4, 0.5) is 11.6 Å². The van der Waals surface area contributed by atoms with Gasteiger partial charge in [0.2, 0.25) is 11.6 Å². The maximum absolute atomic E-state index is 5.33. The van der Waals surface area contributed by atoms with Gasteiger partial charge in [0.1, 0.15) is 0 Å². The Morgan fingerprint density at radius 3 is 2.33 bits per heavy atom. The average Bonchev–Trinajstić information content (AvgIpc) is 2.13. The van der Waals surface area contributed by atoms with Crippen LogP contribution in [0.1, 0.15) is 0 Å². The molecule has 0 aliphatic rings. The third-order valence-electron chi connectivity index (χ3n) is 0.919. The SMILES string of the molecule is CN(C)c1nonc1N. The summed E-state index contributed by atoms with van der Waals surface area (Å²) in [6.07, 6.45) is 0. The number of hydrogen-bond acceptors (Lipinski definition) is 5. The standard InChI is InChI=1S/C4H8N4O/c1-8(2)4-3(5)6-9-7-4/h1-2H3,(H2,5,6). The molecule has 5 heteroatoms. The lowest BCUT2D eigenvalue weighted by atomic mass is 10.6. The number of nitrogens with zero attached hydrogens (tertiary/aromatic N) is 3. The van der Waals surface area contributed by atoms with Crippen LogP contribution < -0.4 is 10.6 Å². The molecule has 2 N–H and O–H groups in total. The van der Waals surface area contributed by atoms with E-state index < -0.39 is 0 Å². The van der Waals surface area contributed by atoms with Gasteiger partial charge in [-0.05, 0) is 10.3 Å². The van der Waals surface area contributed by atoms with Gasteiger partial charge in [-0.3, -0.25) is 0 Å². The van der Waals surface area contributed by atoms with Crippen molar-refractivity contribution >= 4 is 11.6 Å². The molecular formula is C4H8N4O. The summed E-state index contributed by atoms with van der Waals surface area (Å²) in [6.45, 7) is 0. The van der Waals surface area contributed by atoms with E-state index in [1.165, 1.54) is 0 Å². The van der Waals surface area contributed by atoms with E-state index in [-0.39, 0.29) is 0 Å². The van der Waals surface area contributed by atoms with Gasteiger partial charge >= 0.3 is 0 Å². The predicted octanol–water partition coefficient (Wildman–Crippen LogP) is -0.282. The molecule has 0 saturated heterocycles. The van der Waals surface area contributed by atoms with Gasteiger partial charge in [-0.2, -0.15) is 0 Å². The van der Waals surface area contributed by atoms with Gasteiger partial charge in [0.05, 0.1) is 0 Å². The average molecular weight is 128 g/mol. The minimum Gasteiger partial charge on any atom is -0.378 e. The Hall–Kier alpha value is -1.26. The lowest BCUT2D eigenvalue weighted by molar-refractivity contribution is 0.309. The molecule has 1 aromatic rings. The Labute approximate surface area is 52.4 Å². The van der Waals surface area contributed by atoms with Gasteiger partial charge in [-0.25, -0.2) is 4.63 Å². The monoisotopic (exact) mass is 128 g/mol.